The van der Waals surface area contributed by atoms with Crippen molar-refractivity contribution in [1.82, 2.24) is 4.90 Å². The molecule has 3 heteroatoms. The highest BCUT2D eigenvalue weighted by Gasteiger charge is 2.33. The van der Waals surface area contributed by atoms with Gasteiger partial charge in [0.05, 0.1) is 6.61 Å². The van der Waals surface area contributed by atoms with Crippen LogP contribution in [0.2, 0.25) is 0 Å². The first kappa shape index (κ1) is 15.6. The van der Waals surface area contributed by atoms with E-state index in [1.165, 1.54) is 18.5 Å². The third kappa shape index (κ3) is 5.61. The van der Waals surface area contributed by atoms with Crippen LogP contribution in [-0.2, 0) is 9.53 Å². The molecule has 1 aromatic rings. The third-order valence-corrected chi connectivity index (χ3v) is 3.61. The zero-order valence-electron chi connectivity index (χ0n) is 12.7. The second-order valence-electron chi connectivity index (χ2n) is 5.25. The zero-order chi connectivity index (χ0) is 14.9. The maximum Gasteiger partial charge on any atom is 0.384 e. The fourth-order valence-corrected chi connectivity index (χ4v) is 2.42. The molecule has 0 bridgehead atoms. The number of nitrogens with zero attached hydrogens (tertiary/aromatic N) is 1. The standard InChI is InChI=1S/C18H23NO2/c1-2-21-18(20)13-9-4-3-5-10-14-19-15-17(19)16-11-7-6-8-12-16/h6-8,11-12,17H,2-5,10,14-15H2,1H3. The van der Waals surface area contributed by atoms with Gasteiger partial charge < -0.3 is 4.74 Å². The summed E-state index contributed by atoms with van der Waals surface area (Å²) in [7, 11) is 0. The van der Waals surface area contributed by atoms with Crippen molar-refractivity contribution in [3.8, 4) is 11.8 Å². The topological polar surface area (TPSA) is 29.3 Å². The van der Waals surface area contributed by atoms with Gasteiger partial charge >= 0.3 is 5.97 Å². The number of hydrogen-bond donors (Lipinski definition) is 0. The molecule has 112 valence electrons. The lowest BCUT2D eigenvalue weighted by Crippen LogP contribution is -2.01. The van der Waals surface area contributed by atoms with Crippen molar-refractivity contribution in [3.63, 3.8) is 0 Å². The monoisotopic (exact) mass is 285 g/mol. The van der Waals surface area contributed by atoms with Crippen LogP contribution in [0, 0.1) is 11.8 Å². The van der Waals surface area contributed by atoms with Crippen LogP contribution in [0.3, 0.4) is 0 Å². The van der Waals surface area contributed by atoms with Crippen LogP contribution in [0.25, 0.3) is 0 Å². The number of hydrogen-bond acceptors (Lipinski definition) is 3. The number of rotatable bonds is 7. The number of carbonyl (C=O) groups excluding carboxylic acids is 1. The van der Waals surface area contributed by atoms with Gasteiger partial charge in [0.25, 0.3) is 0 Å². The van der Waals surface area contributed by atoms with Crippen molar-refractivity contribution < 1.29 is 9.53 Å². The molecule has 1 fully saturated rings. The molecule has 0 amide bonds. The molecule has 21 heavy (non-hydrogen) atoms. The summed E-state index contributed by atoms with van der Waals surface area (Å²) in [5.74, 6) is 4.96. The molecule has 0 aliphatic carbocycles. The fourth-order valence-electron chi connectivity index (χ4n) is 2.42. The van der Waals surface area contributed by atoms with Gasteiger partial charge in [-0.3, -0.25) is 4.90 Å². The molecule has 0 saturated carbocycles. The van der Waals surface area contributed by atoms with E-state index in [0.717, 1.165) is 25.8 Å². The van der Waals surface area contributed by atoms with E-state index >= 15 is 0 Å². The van der Waals surface area contributed by atoms with Crippen LogP contribution in [0.1, 0.15) is 44.2 Å². The van der Waals surface area contributed by atoms with E-state index in [4.69, 9.17) is 4.74 Å². The number of unbranched alkanes of at least 4 members (excludes halogenated alkanes) is 3. The van der Waals surface area contributed by atoms with E-state index in [0.29, 0.717) is 12.6 Å². The molecular formula is C18H23NO2. The smallest absolute Gasteiger partial charge is 0.384 e. The second kappa shape index (κ2) is 8.49. The molecule has 1 aromatic carbocycles. The Kier molecular flexibility index (Phi) is 6.30. The molecule has 0 radical (unpaired) electrons. The lowest BCUT2D eigenvalue weighted by atomic mass is 10.1. The van der Waals surface area contributed by atoms with Crippen LogP contribution in [0.4, 0.5) is 0 Å². The summed E-state index contributed by atoms with van der Waals surface area (Å²) in [5.41, 5.74) is 1.43. The predicted octanol–water partition coefficient (Wildman–Crippen LogP) is 3.17. The summed E-state index contributed by atoms with van der Waals surface area (Å²) in [6, 6.07) is 11.3. The van der Waals surface area contributed by atoms with Gasteiger partial charge in [-0.05, 0) is 31.9 Å². The third-order valence-electron chi connectivity index (χ3n) is 3.61. The van der Waals surface area contributed by atoms with E-state index < -0.39 is 5.97 Å². The maximum absolute atomic E-state index is 11.0. The number of ether oxygens (including phenoxy) is 1. The maximum atomic E-state index is 11.0. The lowest BCUT2D eigenvalue weighted by molar-refractivity contribution is -0.136. The summed E-state index contributed by atoms with van der Waals surface area (Å²) < 4.78 is 4.74. The molecule has 2 unspecified atom stereocenters. The SMILES string of the molecule is CCOC(=O)C#CCCCCCN1CC1c1ccccc1. The van der Waals surface area contributed by atoms with E-state index in [1.54, 1.807) is 6.92 Å². The summed E-state index contributed by atoms with van der Waals surface area (Å²) in [6.07, 6.45) is 4.19. The molecule has 0 aromatic heterocycles. The number of carbonyl (C=O) groups is 1. The first-order valence-electron chi connectivity index (χ1n) is 7.76. The molecule has 2 rings (SSSR count). The minimum absolute atomic E-state index is 0.395. The van der Waals surface area contributed by atoms with Crippen LogP contribution in [-0.4, -0.2) is 30.6 Å². The summed E-state index contributed by atoms with van der Waals surface area (Å²) in [4.78, 5) is 13.5. The van der Waals surface area contributed by atoms with Gasteiger partial charge in [-0.1, -0.05) is 42.7 Å². The van der Waals surface area contributed by atoms with Crippen LogP contribution in [0.15, 0.2) is 30.3 Å². The van der Waals surface area contributed by atoms with Crippen molar-refractivity contribution in [2.45, 2.75) is 38.6 Å². The Bertz CT molecular complexity index is 501. The Morgan fingerprint density at radius 2 is 2.10 bits per heavy atom. The van der Waals surface area contributed by atoms with Crippen molar-refractivity contribution in [2.75, 3.05) is 19.7 Å². The molecule has 2 atom stereocenters. The average molecular weight is 285 g/mol. The highest BCUT2D eigenvalue weighted by atomic mass is 16.5. The van der Waals surface area contributed by atoms with Crippen molar-refractivity contribution in [1.29, 1.82) is 0 Å². The van der Waals surface area contributed by atoms with Gasteiger partial charge in [-0.15, -0.1) is 0 Å². The average Bonchev–Trinajstić information content (AvgIpc) is 3.27. The Labute approximate surface area is 127 Å². The second-order valence-corrected chi connectivity index (χ2v) is 5.25. The van der Waals surface area contributed by atoms with Gasteiger partial charge in [0.1, 0.15) is 0 Å². The van der Waals surface area contributed by atoms with Crippen molar-refractivity contribution in [3.05, 3.63) is 35.9 Å². The van der Waals surface area contributed by atoms with E-state index in [-0.39, 0.29) is 0 Å². The molecule has 1 heterocycles. The Hall–Kier alpha value is -1.79. The van der Waals surface area contributed by atoms with E-state index in [1.807, 2.05) is 0 Å². The van der Waals surface area contributed by atoms with Gasteiger partial charge in [0.2, 0.25) is 0 Å². The van der Waals surface area contributed by atoms with Gasteiger partial charge in [0, 0.05) is 24.9 Å². The molecule has 1 saturated heterocycles. The normalized spacial score (nSPS) is 19.5. The largest absolute Gasteiger partial charge is 0.456 e. The molecular weight excluding hydrogens is 262 g/mol. The highest BCUT2D eigenvalue weighted by molar-refractivity contribution is 5.88. The summed E-state index contributed by atoms with van der Waals surface area (Å²) >= 11 is 0. The Balaban J connectivity index is 1.51. The first-order valence-corrected chi connectivity index (χ1v) is 7.76. The molecule has 1 aliphatic rings. The molecule has 0 N–H and O–H groups in total. The van der Waals surface area contributed by atoms with E-state index in [9.17, 15) is 4.79 Å². The Morgan fingerprint density at radius 3 is 2.86 bits per heavy atom. The van der Waals surface area contributed by atoms with Crippen molar-refractivity contribution >= 4 is 5.97 Å². The number of benzene rings is 1. The highest BCUT2D eigenvalue weighted by Crippen LogP contribution is 2.34. The fraction of sp³-hybridized carbons (Fsp3) is 0.500. The Morgan fingerprint density at radius 1 is 1.29 bits per heavy atom. The zero-order valence-corrected chi connectivity index (χ0v) is 12.7. The lowest BCUT2D eigenvalue weighted by Gasteiger charge is -2.03. The van der Waals surface area contributed by atoms with E-state index in [2.05, 4.69) is 47.1 Å². The van der Waals surface area contributed by atoms with Gasteiger partial charge in [-0.2, -0.15) is 0 Å². The van der Waals surface area contributed by atoms with Crippen molar-refractivity contribution in [2.24, 2.45) is 0 Å². The minimum Gasteiger partial charge on any atom is -0.456 e. The number of esters is 1. The van der Waals surface area contributed by atoms with Crippen LogP contribution in [0.5, 0.6) is 0 Å². The first-order chi connectivity index (χ1) is 10.3. The van der Waals surface area contributed by atoms with Gasteiger partial charge in [-0.25, -0.2) is 4.79 Å². The molecule has 0 spiro atoms. The van der Waals surface area contributed by atoms with Gasteiger partial charge in [0.15, 0.2) is 0 Å². The molecule has 1 aliphatic heterocycles. The summed E-state index contributed by atoms with van der Waals surface area (Å²) in [6.45, 7) is 4.53. The summed E-state index contributed by atoms with van der Waals surface area (Å²) in [5, 5.41) is 0. The predicted molar refractivity (Wildman–Crippen MR) is 83.6 cm³/mol. The van der Waals surface area contributed by atoms with Crippen LogP contribution >= 0.6 is 0 Å². The van der Waals surface area contributed by atoms with Crippen LogP contribution < -0.4 is 0 Å². The quantitative estimate of drug-likeness (QED) is 0.253. The minimum atomic E-state index is -0.410. The molecule has 3 nitrogen and oxygen atoms in total.